The zero-order valence-corrected chi connectivity index (χ0v) is 11.1. The lowest BCUT2D eigenvalue weighted by molar-refractivity contribution is 0.465. The van der Waals surface area contributed by atoms with Crippen LogP contribution in [0.5, 0.6) is 0 Å². The number of nitrogens with zero attached hydrogens (tertiary/aromatic N) is 1. The van der Waals surface area contributed by atoms with Crippen LogP contribution in [0.3, 0.4) is 0 Å². The van der Waals surface area contributed by atoms with E-state index in [0.717, 1.165) is 12.3 Å². The van der Waals surface area contributed by atoms with Gasteiger partial charge < -0.3 is 10.3 Å². The van der Waals surface area contributed by atoms with E-state index < -0.39 is 15.6 Å². The van der Waals surface area contributed by atoms with Gasteiger partial charge in [-0.2, -0.15) is 4.31 Å². The number of likely N-dealkylation sites (N-methyl/N-ethyl adjacent to an activating group) is 2. The minimum absolute atomic E-state index is 0.0271. The average Bonchev–Trinajstić information content (AvgIpc) is 2.29. The number of sulfonamides is 1. The van der Waals surface area contributed by atoms with Crippen molar-refractivity contribution >= 4 is 21.6 Å². The van der Waals surface area contributed by atoms with Crippen LogP contribution in [-0.2, 0) is 10.0 Å². The summed E-state index contributed by atoms with van der Waals surface area (Å²) in [5.74, 6) is 0. The van der Waals surface area contributed by atoms with Gasteiger partial charge in [-0.15, -0.1) is 0 Å². The molecule has 0 spiro atoms. The lowest BCUT2D eigenvalue weighted by atomic mass is 10.5. The predicted molar refractivity (Wildman–Crippen MR) is 65.8 cm³/mol. The number of aromatic amines is 1. The molecule has 0 bridgehead atoms. The van der Waals surface area contributed by atoms with Crippen LogP contribution in [0, 0.1) is 0 Å². The van der Waals surface area contributed by atoms with Crippen molar-refractivity contribution in [1.82, 2.24) is 14.6 Å². The smallest absolute Gasteiger partial charge is 0.266 e. The van der Waals surface area contributed by atoms with Crippen LogP contribution in [0.15, 0.2) is 22.0 Å². The monoisotopic (exact) mass is 279 g/mol. The summed E-state index contributed by atoms with van der Waals surface area (Å²) in [6.07, 6.45) is 1.14. The molecule has 1 aromatic rings. The number of nitrogens with one attached hydrogen (secondary N) is 2. The molecule has 0 unspecified atom stereocenters. The molecule has 0 saturated heterocycles. The molecule has 0 aliphatic rings. The first-order valence-corrected chi connectivity index (χ1v) is 6.70. The summed E-state index contributed by atoms with van der Waals surface area (Å²) in [4.78, 5) is 13.3. The van der Waals surface area contributed by atoms with Crippen LogP contribution < -0.4 is 10.9 Å². The van der Waals surface area contributed by atoms with Crippen molar-refractivity contribution in [1.29, 1.82) is 0 Å². The normalized spacial score (nSPS) is 12.0. The van der Waals surface area contributed by atoms with Crippen LogP contribution in [0.25, 0.3) is 0 Å². The Balaban J connectivity index is 3.04. The minimum Gasteiger partial charge on any atom is -0.326 e. The summed E-state index contributed by atoms with van der Waals surface area (Å²) < 4.78 is 25.2. The van der Waals surface area contributed by atoms with Crippen molar-refractivity contribution in [2.45, 2.75) is 4.90 Å². The van der Waals surface area contributed by atoms with Crippen molar-refractivity contribution in [2.24, 2.45) is 0 Å². The molecule has 0 radical (unpaired) electrons. The van der Waals surface area contributed by atoms with E-state index in [-0.39, 0.29) is 9.92 Å². The van der Waals surface area contributed by atoms with E-state index in [1.807, 2.05) is 0 Å². The van der Waals surface area contributed by atoms with E-state index >= 15 is 0 Å². The molecule has 0 aromatic carbocycles. The van der Waals surface area contributed by atoms with Gasteiger partial charge in [0.25, 0.3) is 5.56 Å². The maximum absolute atomic E-state index is 12.0. The molecule has 2 N–H and O–H groups in total. The fourth-order valence-corrected chi connectivity index (χ4v) is 2.56. The second kappa shape index (κ2) is 5.63. The van der Waals surface area contributed by atoms with E-state index in [1.165, 1.54) is 11.4 Å². The van der Waals surface area contributed by atoms with Gasteiger partial charge >= 0.3 is 0 Å². The van der Waals surface area contributed by atoms with Gasteiger partial charge in [0.2, 0.25) is 10.0 Å². The molecular formula is C9H14ClN3O3S. The summed E-state index contributed by atoms with van der Waals surface area (Å²) in [6.45, 7) is 0.863. The molecule has 6 nitrogen and oxygen atoms in total. The SMILES string of the molecule is CNCCN(C)S(=O)(=O)c1c[nH]c(=O)c(Cl)c1. The van der Waals surface area contributed by atoms with Crippen molar-refractivity contribution in [2.75, 3.05) is 27.2 Å². The summed E-state index contributed by atoms with van der Waals surface area (Å²) in [5.41, 5.74) is -0.511. The van der Waals surface area contributed by atoms with E-state index in [1.54, 1.807) is 7.05 Å². The molecule has 1 aromatic heterocycles. The largest absolute Gasteiger partial charge is 0.326 e. The fourth-order valence-electron chi connectivity index (χ4n) is 1.16. The Hall–Kier alpha value is -0.890. The number of pyridine rings is 1. The zero-order chi connectivity index (χ0) is 13.1. The van der Waals surface area contributed by atoms with Gasteiger partial charge in [-0.05, 0) is 13.1 Å². The molecule has 96 valence electrons. The van der Waals surface area contributed by atoms with Gasteiger partial charge in [-0.1, -0.05) is 11.6 Å². The molecule has 0 fully saturated rings. The van der Waals surface area contributed by atoms with Gasteiger partial charge in [-0.3, -0.25) is 4.79 Å². The standard InChI is InChI=1S/C9H14ClN3O3S/c1-11-3-4-13(2)17(15,16)7-5-8(10)9(14)12-6-7/h5-6,11H,3-4H2,1-2H3,(H,12,14). The summed E-state index contributed by atoms with van der Waals surface area (Å²) >= 11 is 5.59. The molecular weight excluding hydrogens is 266 g/mol. The minimum atomic E-state index is -3.61. The molecule has 0 atom stereocenters. The summed E-state index contributed by atoms with van der Waals surface area (Å²) in [7, 11) is -0.414. The Morgan fingerprint density at radius 2 is 2.18 bits per heavy atom. The average molecular weight is 280 g/mol. The van der Waals surface area contributed by atoms with Crippen LogP contribution in [-0.4, -0.2) is 44.9 Å². The quantitative estimate of drug-likeness (QED) is 0.786. The van der Waals surface area contributed by atoms with Gasteiger partial charge in [0.05, 0.1) is 4.90 Å². The van der Waals surface area contributed by atoms with E-state index in [9.17, 15) is 13.2 Å². The van der Waals surface area contributed by atoms with Gasteiger partial charge in [-0.25, -0.2) is 8.42 Å². The fraction of sp³-hybridized carbons (Fsp3) is 0.444. The Bertz CT molecular complexity index is 541. The lowest BCUT2D eigenvalue weighted by Gasteiger charge is -2.16. The molecule has 0 aliphatic carbocycles. The van der Waals surface area contributed by atoms with Crippen LogP contribution in [0.1, 0.15) is 0 Å². The van der Waals surface area contributed by atoms with E-state index in [0.29, 0.717) is 13.1 Å². The number of rotatable bonds is 5. The molecule has 17 heavy (non-hydrogen) atoms. The number of hydrogen-bond donors (Lipinski definition) is 2. The van der Waals surface area contributed by atoms with Gasteiger partial charge in [0.1, 0.15) is 5.02 Å². The Labute approximate surface area is 105 Å². The third-order valence-corrected chi connectivity index (χ3v) is 4.33. The number of aromatic nitrogens is 1. The predicted octanol–water partition coefficient (Wildman–Crippen LogP) is -0.132. The van der Waals surface area contributed by atoms with E-state index in [2.05, 4.69) is 10.3 Å². The third kappa shape index (κ3) is 3.29. The van der Waals surface area contributed by atoms with Gasteiger partial charge in [0.15, 0.2) is 0 Å². The highest BCUT2D eigenvalue weighted by Gasteiger charge is 2.21. The maximum atomic E-state index is 12.0. The van der Waals surface area contributed by atoms with Crippen LogP contribution in [0.4, 0.5) is 0 Å². The summed E-state index contributed by atoms with van der Waals surface area (Å²) in [6, 6.07) is 1.14. The van der Waals surface area contributed by atoms with Gasteiger partial charge in [0, 0.05) is 26.3 Å². The van der Waals surface area contributed by atoms with Crippen LogP contribution in [0.2, 0.25) is 5.02 Å². The Morgan fingerprint density at radius 3 is 2.71 bits per heavy atom. The second-order valence-electron chi connectivity index (χ2n) is 3.44. The molecule has 0 amide bonds. The molecule has 1 rings (SSSR count). The van der Waals surface area contributed by atoms with Crippen molar-refractivity contribution in [3.8, 4) is 0 Å². The Morgan fingerprint density at radius 1 is 1.53 bits per heavy atom. The molecule has 8 heteroatoms. The topological polar surface area (TPSA) is 82.3 Å². The molecule has 0 saturated carbocycles. The molecule has 1 heterocycles. The highest BCUT2D eigenvalue weighted by molar-refractivity contribution is 7.89. The lowest BCUT2D eigenvalue weighted by Crippen LogP contribution is -2.33. The molecule has 0 aliphatic heterocycles. The first-order chi connectivity index (χ1) is 7.89. The highest BCUT2D eigenvalue weighted by atomic mass is 35.5. The second-order valence-corrected chi connectivity index (χ2v) is 5.89. The van der Waals surface area contributed by atoms with E-state index in [4.69, 9.17) is 11.6 Å². The zero-order valence-electron chi connectivity index (χ0n) is 9.53. The van der Waals surface area contributed by atoms with Crippen molar-refractivity contribution < 1.29 is 8.42 Å². The number of hydrogen-bond acceptors (Lipinski definition) is 4. The number of halogens is 1. The first-order valence-electron chi connectivity index (χ1n) is 4.88. The van der Waals surface area contributed by atoms with Crippen molar-refractivity contribution in [3.63, 3.8) is 0 Å². The maximum Gasteiger partial charge on any atom is 0.266 e. The summed E-state index contributed by atoms with van der Waals surface area (Å²) in [5, 5.41) is 2.71. The van der Waals surface area contributed by atoms with Crippen LogP contribution >= 0.6 is 11.6 Å². The third-order valence-electron chi connectivity index (χ3n) is 2.22. The van der Waals surface area contributed by atoms with Crippen molar-refractivity contribution in [3.05, 3.63) is 27.6 Å². The Kier molecular flexibility index (Phi) is 4.70. The first kappa shape index (κ1) is 14.2. The number of H-pyrrole nitrogens is 1. The highest BCUT2D eigenvalue weighted by Crippen LogP contribution is 2.14.